The fourth-order valence-corrected chi connectivity index (χ4v) is 2.03. The van der Waals surface area contributed by atoms with Crippen LogP contribution in [0.15, 0.2) is 48.8 Å². The lowest BCUT2D eigenvalue weighted by atomic mass is 9.99. The molecule has 96 valence electrons. The predicted molar refractivity (Wildman–Crippen MR) is 69.9 cm³/mol. The van der Waals surface area contributed by atoms with Crippen molar-refractivity contribution >= 4 is 16.7 Å². The zero-order valence-corrected chi connectivity index (χ0v) is 9.90. The lowest BCUT2D eigenvalue weighted by Crippen LogP contribution is -2.15. The van der Waals surface area contributed by atoms with Crippen molar-refractivity contribution in [2.45, 2.75) is 5.92 Å². The minimum atomic E-state index is -3.09. The molecule has 0 fully saturated rings. The number of nitrogen functional groups attached to an aromatic ring is 1. The fourth-order valence-electron chi connectivity index (χ4n) is 2.03. The number of imidazole rings is 1. The van der Waals surface area contributed by atoms with Gasteiger partial charge in [0.25, 0.3) is 5.92 Å². The van der Waals surface area contributed by atoms with E-state index in [-0.39, 0.29) is 11.1 Å². The molecular formula is C14H11F2N3. The lowest BCUT2D eigenvalue weighted by Gasteiger charge is -2.17. The third-order valence-electron chi connectivity index (χ3n) is 3.03. The van der Waals surface area contributed by atoms with E-state index in [2.05, 4.69) is 9.97 Å². The van der Waals surface area contributed by atoms with Crippen LogP contribution in [0, 0.1) is 0 Å². The smallest absolute Gasteiger partial charge is 0.298 e. The molecule has 1 heterocycles. The van der Waals surface area contributed by atoms with Gasteiger partial charge in [-0.25, -0.2) is 4.98 Å². The van der Waals surface area contributed by atoms with Gasteiger partial charge in [0.2, 0.25) is 0 Å². The van der Waals surface area contributed by atoms with Gasteiger partial charge in [-0.15, -0.1) is 0 Å². The first kappa shape index (κ1) is 11.6. The summed E-state index contributed by atoms with van der Waals surface area (Å²) in [4.78, 5) is 6.83. The van der Waals surface area contributed by atoms with Crippen molar-refractivity contribution in [3.05, 3.63) is 59.9 Å². The van der Waals surface area contributed by atoms with Gasteiger partial charge in [0.05, 0.1) is 17.4 Å². The van der Waals surface area contributed by atoms with E-state index in [0.29, 0.717) is 16.7 Å². The van der Waals surface area contributed by atoms with Crippen LogP contribution >= 0.6 is 0 Å². The molecule has 3 N–H and O–H groups in total. The monoisotopic (exact) mass is 259 g/mol. The highest BCUT2D eigenvalue weighted by Crippen LogP contribution is 2.37. The molecule has 0 unspecified atom stereocenters. The maximum Gasteiger partial charge on any atom is 0.298 e. The zero-order chi connectivity index (χ0) is 13.5. The second kappa shape index (κ2) is 4.05. The highest BCUT2D eigenvalue weighted by atomic mass is 19.3. The number of H-pyrrole nitrogens is 1. The van der Waals surface area contributed by atoms with Crippen molar-refractivity contribution in [3.8, 4) is 0 Å². The minimum Gasteiger partial charge on any atom is -0.399 e. The number of aromatic amines is 1. The first-order valence-corrected chi connectivity index (χ1v) is 5.75. The van der Waals surface area contributed by atoms with Crippen LogP contribution < -0.4 is 5.73 Å². The van der Waals surface area contributed by atoms with Gasteiger partial charge < -0.3 is 10.7 Å². The Hall–Kier alpha value is -2.43. The number of fused-ring (bicyclic) bond motifs is 1. The minimum absolute atomic E-state index is 0.0881. The maximum atomic E-state index is 14.4. The van der Waals surface area contributed by atoms with Gasteiger partial charge in [-0.2, -0.15) is 8.78 Å². The lowest BCUT2D eigenvalue weighted by molar-refractivity contribution is 0.0430. The number of nitrogens with zero attached hydrogens (tertiary/aromatic N) is 1. The molecule has 5 heteroatoms. The molecule has 0 bridgehead atoms. The number of anilines is 1. The molecule has 3 aromatic rings. The summed E-state index contributed by atoms with van der Waals surface area (Å²) < 4.78 is 28.8. The van der Waals surface area contributed by atoms with Crippen LogP contribution in [0.1, 0.15) is 11.1 Å². The molecule has 0 amide bonds. The number of benzene rings is 2. The molecule has 0 atom stereocenters. The number of nitrogens with one attached hydrogen (secondary N) is 1. The maximum absolute atomic E-state index is 14.4. The molecule has 0 saturated carbocycles. The number of halogens is 2. The van der Waals surface area contributed by atoms with Gasteiger partial charge in [-0.1, -0.05) is 18.2 Å². The summed E-state index contributed by atoms with van der Waals surface area (Å²) in [5, 5.41) is 0. The van der Waals surface area contributed by atoms with Crippen molar-refractivity contribution in [1.29, 1.82) is 0 Å². The summed E-state index contributed by atoms with van der Waals surface area (Å²) in [6.45, 7) is 0. The molecule has 0 radical (unpaired) electrons. The van der Waals surface area contributed by atoms with Crippen molar-refractivity contribution in [1.82, 2.24) is 9.97 Å². The Morgan fingerprint density at radius 1 is 1.05 bits per heavy atom. The van der Waals surface area contributed by atoms with E-state index in [9.17, 15) is 8.78 Å². The van der Waals surface area contributed by atoms with Crippen LogP contribution in [0.5, 0.6) is 0 Å². The summed E-state index contributed by atoms with van der Waals surface area (Å²) in [5.74, 6) is -3.09. The highest BCUT2D eigenvalue weighted by molar-refractivity contribution is 5.75. The van der Waals surface area contributed by atoms with E-state index in [0.717, 1.165) is 0 Å². The average molecular weight is 259 g/mol. The quantitative estimate of drug-likeness (QED) is 0.694. The van der Waals surface area contributed by atoms with Gasteiger partial charge in [0, 0.05) is 16.8 Å². The van der Waals surface area contributed by atoms with Crippen molar-refractivity contribution in [2.75, 3.05) is 5.73 Å². The standard InChI is InChI=1S/C14H11F2N3/c15-14(16,9-2-1-3-11(17)6-9)10-4-5-12-13(7-10)19-8-18-12/h1-8H,17H2,(H,18,19). The number of aromatic nitrogens is 2. The van der Waals surface area contributed by atoms with Crippen LogP contribution in [0.2, 0.25) is 0 Å². The molecule has 0 aliphatic rings. The second-order valence-electron chi connectivity index (χ2n) is 4.33. The molecule has 0 spiro atoms. The Balaban J connectivity index is 2.12. The first-order valence-electron chi connectivity index (χ1n) is 5.75. The van der Waals surface area contributed by atoms with Gasteiger partial charge >= 0.3 is 0 Å². The normalized spacial score (nSPS) is 11.9. The van der Waals surface area contributed by atoms with Gasteiger partial charge in [-0.05, 0) is 24.3 Å². The average Bonchev–Trinajstić information content (AvgIpc) is 2.85. The first-order chi connectivity index (χ1) is 9.07. The molecule has 0 aliphatic carbocycles. The molecule has 3 nitrogen and oxygen atoms in total. The summed E-state index contributed by atoms with van der Waals surface area (Å²) in [6, 6.07) is 10.1. The summed E-state index contributed by atoms with van der Waals surface area (Å²) in [7, 11) is 0. The van der Waals surface area contributed by atoms with E-state index in [1.807, 2.05) is 0 Å². The molecule has 19 heavy (non-hydrogen) atoms. The van der Waals surface area contributed by atoms with E-state index >= 15 is 0 Å². The van der Waals surface area contributed by atoms with E-state index in [1.54, 1.807) is 12.1 Å². The van der Waals surface area contributed by atoms with E-state index < -0.39 is 5.92 Å². The topological polar surface area (TPSA) is 54.7 Å². The Labute approximate surface area is 108 Å². The molecule has 0 saturated heterocycles. The number of nitrogens with two attached hydrogens (primary N) is 1. The summed E-state index contributed by atoms with van der Waals surface area (Å²) in [6.07, 6.45) is 1.48. The number of hydrogen-bond donors (Lipinski definition) is 2. The third kappa shape index (κ3) is 1.93. The predicted octanol–water partition coefficient (Wildman–Crippen LogP) is 3.29. The van der Waals surface area contributed by atoms with E-state index in [4.69, 9.17) is 5.73 Å². The van der Waals surface area contributed by atoms with Crippen LogP contribution in [0.4, 0.5) is 14.5 Å². The third-order valence-corrected chi connectivity index (χ3v) is 3.03. The second-order valence-corrected chi connectivity index (χ2v) is 4.33. The van der Waals surface area contributed by atoms with Crippen LogP contribution in [-0.2, 0) is 5.92 Å². The summed E-state index contributed by atoms with van der Waals surface area (Å²) >= 11 is 0. The molecule has 3 rings (SSSR count). The van der Waals surface area contributed by atoms with E-state index in [1.165, 1.54) is 36.7 Å². The van der Waals surface area contributed by atoms with Gasteiger partial charge in [0.1, 0.15) is 0 Å². The highest BCUT2D eigenvalue weighted by Gasteiger charge is 2.34. The van der Waals surface area contributed by atoms with Crippen molar-refractivity contribution < 1.29 is 8.78 Å². The van der Waals surface area contributed by atoms with Crippen molar-refractivity contribution in [3.63, 3.8) is 0 Å². The number of alkyl halides is 2. The SMILES string of the molecule is Nc1cccc(C(F)(F)c2ccc3nc[nH]c3c2)c1. The number of rotatable bonds is 2. The van der Waals surface area contributed by atoms with Gasteiger partial charge in [0.15, 0.2) is 0 Å². The molecule has 2 aromatic carbocycles. The van der Waals surface area contributed by atoms with Gasteiger partial charge in [-0.3, -0.25) is 0 Å². The van der Waals surface area contributed by atoms with Crippen LogP contribution in [-0.4, -0.2) is 9.97 Å². The number of hydrogen-bond acceptors (Lipinski definition) is 2. The summed E-state index contributed by atoms with van der Waals surface area (Å²) in [5.41, 5.74) is 6.91. The Morgan fingerprint density at radius 3 is 2.63 bits per heavy atom. The van der Waals surface area contributed by atoms with Crippen LogP contribution in [0.25, 0.3) is 11.0 Å². The Morgan fingerprint density at radius 2 is 1.84 bits per heavy atom. The van der Waals surface area contributed by atoms with Crippen molar-refractivity contribution in [2.24, 2.45) is 0 Å². The molecule has 1 aromatic heterocycles. The fraction of sp³-hybridized carbons (Fsp3) is 0.0714. The Bertz CT molecular complexity index is 734. The Kier molecular flexibility index (Phi) is 2.48. The molecular weight excluding hydrogens is 248 g/mol. The zero-order valence-electron chi connectivity index (χ0n) is 9.90. The largest absolute Gasteiger partial charge is 0.399 e. The molecule has 0 aliphatic heterocycles. The van der Waals surface area contributed by atoms with Crippen LogP contribution in [0.3, 0.4) is 0 Å².